The van der Waals surface area contributed by atoms with Crippen LogP contribution in [0.15, 0.2) is 39.8 Å². The van der Waals surface area contributed by atoms with Gasteiger partial charge in [-0.05, 0) is 30.5 Å². The summed E-state index contributed by atoms with van der Waals surface area (Å²) in [6.45, 7) is 17.4. The van der Waals surface area contributed by atoms with E-state index in [1.807, 2.05) is 6.07 Å². The van der Waals surface area contributed by atoms with Gasteiger partial charge in [0, 0.05) is 45.3 Å². The van der Waals surface area contributed by atoms with Crippen molar-refractivity contribution in [1.82, 2.24) is 25.6 Å². The van der Waals surface area contributed by atoms with E-state index in [1.54, 1.807) is 0 Å². The molecule has 1 fully saturated rings. The molecular formula is C24H38N6O. The summed E-state index contributed by atoms with van der Waals surface area (Å²) < 4.78 is 5.40. The second-order valence-corrected chi connectivity index (χ2v) is 8.45. The molecule has 7 heteroatoms. The van der Waals surface area contributed by atoms with E-state index in [9.17, 15) is 0 Å². The minimum atomic E-state index is 0.364. The molecule has 7 nitrogen and oxygen atoms in total. The zero-order chi connectivity index (χ0) is 22.1. The molecule has 0 amide bonds. The van der Waals surface area contributed by atoms with Crippen molar-refractivity contribution in [2.75, 3.05) is 39.3 Å². The molecule has 1 aromatic heterocycles. The number of piperazine rings is 1. The molecule has 1 aromatic carbocycles. The Kier molecular flexibility index (Phi) is 8.91. The van der Waals surface area contributed by atoms with E-state index in [0.29, 0.717) is 19.0 Å². The number of hydrogen-bond donors (Lipinski definition) is 2. The minimum absolute atomic E-state index is 0.364. The highest BCUT2D eigenvalue weighted by atomic mass is 16.5. The molecule has 0 bridgehead atoms. The van der Waals surface area contributed by atoms with Crippen LogP contribution < -0.4 is 10.6 Å². The summed E-state index contributed by atoms with van der Waals surface area (Å²) in [4.78, 5) is 9.78. The van der Waals surface area contributed by atoms with E-state index in [4.69, 9.17) is 9.52 Å². The van der Waals surface area contributed by atoms with Crippen molar-refractivity contribution in [2.24, 2.45) is 4.99 Å². The van der Waals surface area contributed by atoms with Gasteiger partial charge < -0.3 is 20.1 Å². The normalized spacial score (nSPS) is 16.1. The van der Waals surface area contributed by atoms with E-state index < -0.39 is 0 Å². The summed E-state index contributed by atoms with van der Waals surface area (Å²) in [5.41, 5.74) is 3.55. The number of aliphatic imine (C=N–C) groups is 1. The summed E-state index contributed by atoms with van der Waals surface area (Å²) in [6.07, 6.45) is 0. The standard InChI is InChI=1S/C24H38N6O/c1-5-25-24(27-17-22-15-23(19(3)4)28-31-22)26-16-20-7-9-21(10-8-20)18-30-13-11-29(6-2)12-14-30/h7-10,15,19H,5-6,11-14,16-18H2,1-4H3,(H2,25,26,27). The molecule has 0 radical (unpaired) electrons. The summed E-state index contributed by atoms with van der Waals surface area (Å²) in [7, 11) is 0. The number of nitrogens with zero attached hydrogens (tertiary/aromatic N) is 4. The maximum Gasteiger partial charge on any atom is 0.191 e. The maximum atomic E-state index is 5.40. The number of likely N-dealkylation sites (N-methyl/N-ethyl adjacent to an activating group) is 1. The quantitative estimate of drug-likeness (QED) is 0.474. The number of rotatable bonds is 9. The van der Waals surface area contributed by atoms with Crippen LogP contribution in [0.1, 0.15) is 56.2 Å². The summed E-state index contributed by atoms with van der Waals surface area (Å²) >= 11 is 0. The number of aromatic nitrogens is 1. The van der Waals surface area contributed by atoms with Gasteiger partial charge in [-0.15, -0.1) is 0 Å². The Hall–Kier alpha value is -2.38. The molecule has 2 N–H and O–H groups in total. The lowest BCUT2D eigenvalue weighted by Crippen LogP contribution is -2.45. The third kappa shape index (κ3) is 7.36. The Morgan fingerprint density at radius 2 is 1.71 bits per heavy atom. The monoisotopic (exact) mass is 426 g/mol. The van der Waals surface area contributed by atoms with Crippen LogP contribution in [-0.2, 0) is 19.6 Å². The van der Waals surface area contributed by atoms with E-state index in [2.05, 4.69) is 77.6 Å². The zero-order valence-corrected chi connectivity index (χ0v) is 19.5. The second-order valence-electron chi connectivity index (χ2n) is 8.45. The molecule has 1 aliphatic heterocycles. The number of nitrogens with one attached hydrogen (secondary N) is 2. The first-order chi connectivity index (χ1) is 15.1. The average Bonchev–Trinajstić information content (AvgIpc) is 3.27. The van der Waals surface area contributed by atoms with Crippen molar-refractivity contribution in [3.63, 3.8) is 0 Å². The first-order valence-electron chi connectivity index (χ1n) is 11.6. The van der Waals surface area contributed by atoms with Gasteiger partial charge in [-0.2, -0.15) is 0 Å². The Bertz CT molecular complexity index is 806. The lowest BCUT2D eigenvalue weighted by Gasteiger charge is -2.34. The Morgan fingerprint density at radius 1 is 1.03 bits per heavy atom. The maximum absolute atomic E-state index is 5.40. The van der Waals surface area contributed by atoms with Gasteiger partial charge in [-0.25, -0.2) is 4.99 Å². The summed E-state index contributed by atoms with van der Waals surface area (Å²) in [6, 6.07) is 10.9. The van der Waals surface area contributed by atoms with Crippen molar-refractivity contribution >= 4 is 5.96 Å². The topological polar surface area (TPSA) is 68.9 Å². The highest BCUT2D eigenvalue weighted by Gasteiger charge is 2.15. The highest BCUT2D eigenvalue weighted by molar-refractivity contribution is 5.79. The lowest BCUT2D eigenvalue weighted by atomic mass is 10.1. The molecule has 1 aliphatic rings. The molecule has 31 heavy (non-hydrogen) atoms. The molecule has 0 saturated carbocycles. The van der Waals surface area contributed by atoms with Crippen LogP contribution in [0.25, 0.3) is 0 Å². The largest absolute Gasteiger partial charge is 0.359 e. The van der Waals surface area contributed by atoms with Crippen LogP contribution in [0, 0.1) is 0 Å². The molecule has 0 atom stereocenters. The SMILES string of the molecule is CCNC(=NCc1ccc(CN2CCN(CC)CC2)cc1)NCc1cc(C(C)C)no1. The molecule has 2 heterocycles. The molecule has 170 valence electrons. The second kappa shape index (κ2) is 11.9. The fraction of sp³-hybridized carbons (Fsp3) is 0.583. The Morgan fingerprint density at radius 3 is 2.32 bits per heavy atom. The van der Waals surface area contributed by atoms with Crippen LogP contribution in [0.3, 0.4) is 0 Å². The summed E-state index contributed by atoms with van der Waals surface area (Å²) in [5, 5.41) is 10.7. The molecule has 3 rings (SSSR count). The first-order valence-corrected chi connectivity index (χ1v) is 11.6. The molecule has 0 aliphatic carbocycles. The number of benzene rings is 1. The third-order valence-corrected chi connectivity index (χ3v) is 5.70. The third-order valence-electron chi connectivity index (χ3n) is 5.70. The van der Waals surface area contributed by atoms with Gasteiger partial charge in [-0.1, -0.05) is 50.2 Å². The smallest absolute Gasteiger partial charge is 0.191 e. The van der Waals surface area contributed by atoms with Crippen molar-refractivity contribution in [1.29, 1.82) is 0 Å². The number of guanidine groups is 1. The van der Waals surface area contributed by atoms with Crippen molar-refractivity contribution in [3.8, 4) is 0 Å². The van der Waals surface area contributed by atoms with Crippen LogP contribution >= 0.6 is 0 Å². The van der Waals surface area contributed by atoms with Gasteiger partial charge in [0.15, 0.2) is 11.7 Å². The van der Waals surface area contributed by atoms with Crippen LogP contribution in [0.2, 0.25) is 0 Å². The number of hydrogen-bond acceptors (Lipinski definition) is 5. The van der Waals surface area contributed by atoms with Gasteiger partial charge in [0.05, 0.1) is 18.8 Å². The fourth-order valence-corrected chi connectivity index (χ4v) is 3.64. The molecule has 1 saturated heterocycles. The molecular weight excluding hydrogens is 388 g/mol. The van der Waals surface area contributed by atoms with Crippen molar-refractivity contribution in [3.05, 3.63) is 52.9 Å². The molecule has 0 spiro atoms. The predicted octanol–water partition coefficient (Wildman–Crippen LogP) is 3.19. The fourth-order valence-electron chi connectivity index (χ4n) is 3.64. The summed E-state index contributed by atoms with van der Waals surface area (Å²) in [5.74, 6) is 1.96. The van der Waals surface area contributed by atoms with Gasteiger partial charge >= 0.3 is 0 Å². The minimum Gasteiger partial charge on any atom is -0.359 e. The lowest BCUT2D eigenvalue weighted by molar-refractivity contribution is 0.132. The van der Waals surface area contributed by atoms with Gasteiger partial charge in [-0.3, -0.25) is 4.90 Å². The average molecular weight is 427 g/mol. The van der Waals surface area contributed by atoms with E-state index in [0.717, 1.165) is 50.1 Å². The zero-order valence-electron chi connectivity index (χ0n) is 19.5. The van der Waals surface area contributed by atoms with E-state index >= 15 is 0 Å². The Balaban J connectivity index is 1.49. The van der Waals surface area contributed by atoms with Gasteiger partial charge in [0.1, 0.15) is 0 Å². The van der Waals surface area contributed by atoms with Crippen LogP contribution in [0.4, 0.5) is 0 Å². The van der Waals surface area contributed by atoms with Gasteiger partial charge in [0.25, 0.3) is 0 Å². The first kappa shape index (κ1) is 23.3. The Labute approximate surface area is 186 Å². The van der Waals surface area contributed by atoms with Crippen molar-refractivity contribution < 1.29 is 4.52 Å². The van der Waals surface area contributed by atoms with Gasteiger partial charge in [0.2, 0.25) is 0 Å². The van der Waals surface area contributed by atoms with E-state index in [1.165, 1.54) is 24.2 Å². The molecule has 0 unspecified atom stereocenters. The predicted molar refractivity (Wildman–Crippen MR) is 126 cm³/mol. The molecule has 2 aromatic rings. The highest BCUT2D eigenvalue weighted by Crippen LogP contribution is 2.14. The van der Waals surface area contributed by atoms with Crippen LogP contribution in [0.5, 0.6) is 0 Å². The van der Waals surface area contributed by atoms with Crippen LogP contribution in [-0.4, -0.2) is 60.2 Å². The van der Waals surface area contributed by atoms with Crippen molar-refractivity contribution in [2.45, 2.75) is 53.2 Å². The van der Waals surface area contributed by atoms with E-state index in [-0.39, 0.29) is 0 Å².